The second-order valence-corrected chi connectivity index (χ2v) is 14.6. The Morgan fingerprint density at radius 2 is 1.68 bits per heavy atom. The van der Waals surface area contributed by atoms with Crippen LogP contribution in [0.4, 0.5) is 0 Å². The molecule has 4 saturated carbocycles. The lowest BCUT2D eigenvalue weighted by Gasteiger charge is -2.57. The van der Waals surface area contributed by atoms with E-state index in [9.17, 15) is 9.90 Å². The number of ether oxygens (including phenoxy) is 1. The number of aliphatic hydroxyl groups is 1. The molecule has 4 aliphatic rings. The summed E-state index contributed by atoms with van der Waals surface area (Å²) in [5.41, 5.74) is 0.746. The van der Waals surface area contributed by atoms with Crippen molar-refractivity contribution in [1.82, 2.24) is 0 Å². The molecule has 10 atom stereocenters. The first-order valence-corrected chi connectivity index (χ1v) is 16.1. The summed E-state index contributed by atoms with van der Waals surface area (Å²) in [6.45, 7) is 11.7. The molecule has 1 aromatic rings. The average Bonchev–Trinajstić information content (AvgIpc) is 3.28. The first kappa shape index (κ1) is 28.2. The number of carbonyl (C=O) groups is 1. The molecule has 5 rings (SSSR count). The van der Waals surface area contributed by atoms with E-state index in [-0.39, 0.29) is 17.7 Å². The second kappa shape index (κ2) is 11.3. The minimum Gasteiger partial charge on any atom is -0.459 e. The molecule has 4 aliphatic carbocycles. The summed E-state index contributed by atoms with van der Waals surface area (Å²) in [7, 11) is 0. The standard InChI is InChI=1S/C35H54O3/c1-6-35(37)21-19-27-26(22-35)13-14-29-28(27)18-20-34(5)30(15-16-31(29)34)24(4)12-17-32(23(2)3)38-33(36)25-10-8-7-9-11-25/h7-11,23-24,26-32,37H,6,12-22H2,1-5H3/t24-,26+,27+,28-,29-,30-,31+,32-,34-,35+/m1/s1. The Morgan fingerprint density at radius 1 is 0.947 bits per heavy atom. The van der Waals surface area contributed by atoms with Gasteiger partial charge in [-0.05, 0) is 142 Å². The lowest BCUT2D eigenvalue weighted by molar-refractivity contribution is -0.109. The summed E-state index contributed by atoms with van der Waals surface area (Å²) in [5.74, 6) is 5.95. The number of hydrogen-bond donors (Lipinski definition) is 1. The van der Waals surface area contributed by atoms with Gasteiger partial charge >= 0.3 is 5.97 Å². The van der Waals surface area contributed by atoms with Crippen LogP contribution < -0.4 is 0 Å². The predicted octanol–water partition coefficient (Wildman–Crippen LogP) is 8.69. The highest BCUT2D eigenvalue weighted by Gasteiger charge is 2.58. The van der Waals surface area contributed by atoms with Gasteiger partial charge in [-0.1, -0.05) is 52.8 Å². The van der Waals surface area contributed by atoms with Crippen molar-refractivity contribution in [1.29, 1.82) is 0 Å². The molecule has 0 spiro atoms. The van der Waals surface area contributed by atoms with Crippen LogP contribution in [0.2, 0.25) is 0 Å². The van der Waals surface area contributed by atoms with E-state index in [4.69, 9.17) is 4.74 Å². The maximum Gasteiger partial charge on any atom is 0.338 e. The molecule has 0 aromatic heterocycles. The van der Waals surface area contributed by atoms with Gasteiger partial charge in [0.25, 0.3) is 0 Å². The number of fused-ring (bicyclic) bond motifs is 5. The van der Waals surface area contributed by atoms with Crippen LogP contribution in [0.15, 0.2) is 30.3 Å². The lowest BCUT2D eigenvalue weighted by atomic mass is 9.48. The van der Waals surface area contributed by atoms with Crippen LogP contribution in [0.5, 0.6) is 0 Å². The Bertz CT molecular complexity index is 942. The first-order valence-electron chi connectivity index (χ1n) is 16.1. The number of esters is 1. The van der Waals surface area contributed by atoms with Crippen molar-refractivity contribution < 1.29 is 14.6 Å². The van der Waals surface area contributed by atoms with E-state index < -0.39 is 0 Å². The molecule has 0 unspecified atom stereocenters. The summed E-state index contributed by atoms with van der Waals surface area (Å²) in [6, 6.07) is 9.45. The van der Waals surface area contributed by atoms with Crippen molar-refractivity contribution in [2.24, 2.45) is 52.8 Å². The zero-order valence-corrected chi connectivity index (χ0v) is 24.8. The Hall–Kier alpha value is -1.35. The number of benzene rings is 1. The fraction of sp³-hybridized carbons (Fsp3) is 0.800. The average molecular weight is 523 g/mol. The van der Waals surface area contributed by atoms with Gasteiger partial charge in [0.1, 0.15) is 6.10 Å². The third kappa shape index (κ3) is 5.35. The van der Waals surface area contributed by atoms with Gasteiger partial charge in [0.2, 0.25) is 0 Å². The number of rotatable bonds is 8. The molecule has 3 nitrogen and oxygen atoms in total. The lowest BCUT2D eigenvalue weighted by Crippen LogP contribution is -2.51. The predicted molar refractivity (Wildman–Crippen MR) is 155 cm³/mol. The van der Waals surface area contributed by atoms with Crippen LogP contribution in [-0.4, -0.2) is 22.8 Å². The van der Waals surface area contributed by atoms with Crippen molar-refractivity contribution in [2.45, 2.75) is 123 Å². The molecular formula is C35H54O3. The first-order chi connectivity index (χ1) is 18.1. The van der Waals surface area contributed by atoms with Crippen LogP contribution in [0, 0.1) is 52.8 Å². The van der Waals surface area contributed by atoms with Gasteiger partial charge in [-0.2, -0.15) is 0 Å². The van der Waals surface area contributed by atoms with Gasteiger partial charge in [0.05, 0.1) is 11.2 Å². The summed E-state index contributed by atoms with van der Waals surface area (Å²) in [5, 5.41) is 11.0. The molecule has 0 bridgehead atoms. The van der Waals surface area contributed by atoms with Crippen molar-refractivity contribution in [3.63, 3.8) is 0 Å². The minimum absolute atomic E-state index is 0.0192. The summed E-state index contributed by atoms with van der Waals surface area (Å²) in [4.78, 5) is 12.8. The molecule has 1 aromatic carbocycles. The normalized spacial score (nSPS) is 40.1. The SMILES string of the molecule is CC[C@]1(O)CC[C@H]2[C@@H](CC[C@@H]3[C@@H]2CC[C@]2(C)[C@@H]([C@H](C)CC[C@@H](OC(=O)c4ccccc4)C(C)C)CC[C@@H]32)C1. The van der Waals surface area contributed by atoms with Gasteiger partial charge in [-0.15, -0.1) is 0 Å². The molecule has 0 heterocycles. The monoisotopic (exact) mass is 522 g/mol. The number of carbonyl (C=O) groups excluding carboxylic acids is 1. The van der Waals surface area contributed by atoms with E-state index in [2.05, 4.69) is 34.6 Å². The highest BCUT2D eigenvalue weighted by atomic mass is 16.5. The largest absolute Gasteiger partial charge is 0.459 e. The van der Waals surface area contributed by atoms with Crippen molar-refractivity contribution in [2.75, 3.05) is 0 Å². The number of hydrogen-bond acceptors (Lipinski definition) is 3. The van der Waals surface area contributed by atoms with Crippen LogP contribution in [0.3, 0.4) is 0 Å². The molecule has 0 aliphatic heterocycles. The molecule has 3 heteroatoms. The smallest absolute Gasteiger partial charge is 0.338 e. The quantitative estimate of drug-likeness (QED) is 0.347. The van der Waals surface area contributed by atoms with Crippen LogP contribution >= 0.6 is 0 Å². The summed E-state index contributed by atoms with van der Waals surface area (Å²) >= 11 is 0. The zero-order valence-electron chi connectivity index (χ0n) is 24.8. The molecule has 4 fully saturated rings. The fourth-order valence-electron chi connectivity index (χ4n) is 10.2. The summed E-state index contributed by atoms with van der Waals surface area (Å²) in [6.07, 6.45) is 14.7. The van der Waals surface area contributed by atoms with E-state index in [1.54, 1.807) is 0 Å². The van der Waals surface area contributed by atoms with E-state index in [1.165, 1.54) is 44.9 Å². The Morgan fingerprint density at radius 3 is 2.39 bits per heavy atom. The second-order valence-electron chi connectivity index (χ2n) is 14.6. The highest BCUT2D eigenvalue weighted by Crippen LogP contribution is 2.66. The summed E-state index contributed by atoms with van der Waals surface area (Å²) < 4.78 is 6.03. The molecule has 0 saturated heterocycles. The molecule has 0 radical (unpaired) electrons. The van der Waals surface area contributed by atoms with Crippen molar-refractivity contribution >= 4 is 5.97 Å². The van der Waals surface area contributed by atoms with Gasteiger partial charge in [-0.25, -0.2) is 4.79 Å². The van der Waals surface area contributed by atoms with Gasteiger partial charge in [-0.3, -0.25) is 0 Å². The maximum absolute atomic E-state index is 12.8. The van der Waals surface area contributed by atoms with Gasteiger partial charge in [0.15, 0.2) is 0 Å². The van der Waals surface area contributed by atoms with Crippen LogP contribution in [0.25, 0.3) is 0 Å². The molecular weight excluding hydrogens is 468 g/mol. The molecule has 1 N–H and O–H groups in total. The van der Waals surface area contributed by atoms with Crippen LogP contribution in [0.1, 0.15) is 122 Å². The minimum atomic E-state index is -0.381. The Kier molecular flexibility index (Phi) is 8.35. The Balaban J connectivity index is 1.20. The van der Waals surface area contributed by atoms with Crippen LogP contribution in [-0.2, 0) is 4.74 Å². The van der Waals surface area contributed by atoms with Gasteiger partial charge in [0, 0.05) is 0 Å². The molecule has 38 heavy (non-hydrogen) atoms. The van der Waals surface area contributed by atoms with E-state index in [1.807, 2.05) is 30.3 Å². The van der Waals surface area contributed by atoms with E-state index in [0.29, 0.717) is 22.8 Å². The highest BCUT2D eigenvalue weighted by molar-refractivity contribution is 5.89. The zero-order chi connectivity index (χ0) is 27.1. The van der Waals surface area contributed by atoms with E-state index in [0.717, 1.165) is 67.6 Å². The third-order valence-corrected chi connectivity index (χ3v) is 12.4. The Labute approximate surface area is 232 Å². The van der Waals surface area contributed by atoms with E-state index >= 15 is 0 Å². The van der Waals surface area contributed by atoms with Crippen molar-refractivity contribution in [3.05, 3.63) is 35.9 Å². The topological polar surface area (TPSA) is 46.5 Å². The maximum atomic E-state index is 12.8. The van der Waals surface area contributed by atoms with Crippen molar-refractivity contribution in [3.8, 4) is 0 Å². The van der Waals surface area contributed by atoms with Gasteiger partial charge < -0.3 is 9.84 Å². The molecule has 0 amide bonds. The fourth-order valence-corrected chi connectivity index (χ4v) is 10.2. The molecule has 212 valence electrons. The third-order valence-electron chi connectivity index (χ3n) is 12.4.